The number of likely N-dealkylation sites (tertiary alicyclic amines) is 1. The number of benzene rings is 1. The summed E-state index contributed by atoms with van der Waals surface area (Å²) in [5, 5.41) is 11.7. The van der Waals surface area contributed by atoms with Crippen molar-refractivity contribution in [3.8, 4) is 11.5 Å². The molecule has 0 radical (unpaired) electrons. The lowest BCUT2D eigenvalue weighted by atomic mass is 9.95. The van der Waals surface area contributed by atoms with Crippen molar-refractivity contribution in [1.29, 1.82) is 0 Å². The van der Waals surface area contributed by atoms with Gasteiger partial charge in [-0.3, -0.25) is 14.0 Å². The van der Waals surface area contributed by atoms with Crippen LogP contribution in [-0.4, -0.2) is 60.9 Å². The molecule has 1 saturated heterocycles. The number of Topliss-reactive ketones (excluding diaryl/α,β-unsaturated/α-hetero) is 1. The highest BCUT2D eigenvalue weighted by Gasteiger charge is 2.46. The van der Waals surface area contributed by atoms with Gasteiger partial charge in [-0.1, -0.05) is 26.0 Å². The maximum Gasteiger partial charge on any atom is 0.295 e. The highest BCUT2D eigenvalue weighted by molar-refractivity contribution is 6.46. The van der Waals surface area contributed by atoms with E-state index in [1.54, 1.807) is 49.3 Å². The Kier molecular flexibility index (Phi) is 8.09. The second-order valence-corrected chi connectivity index (χ2v) is 10.6. The molecule has 0 aliphatic carbocycles. The normalized spacial score (nSPS) is 16.7. The van der Waals surface area contributed by atoms with Crippen molar-refractivity contribution < 1.29 is 24.2 Å². The van der Waals surface area contributed by atoms with E-state index in [9.17, 15) is 14.7 Å². The molecule has 4 heterocycles. The number of fused-ring (bicyclic) bond motifs is 1. The number of methoxy groups -OCH3 is 1. The van der Waals surface area contributed by atoms with E-state index in [2.05, 4.69) is 23.8 Å². The molecule has 5 rings (SSSR count). The standard InChI is InChI=1S/C31H35N5O5/c1-20(2)11-17-41-23-10-9-22(18-24(23)40-4)28-26(29(37)27-21(3)33-25-8-5-6-14-35(25)27)30(38)31(39)36(28)15-7-13-34-16-12-32-19-34/h5-6,8-10,12,14,16,18-20,28,37H,7,11,13,15,17H2,1-4H3. The summed E-state index contributed by atoms with van der Waals surface area (Å²) >= 11 is 0. The number of amides is 1. The minimum absolute atomic E-state index is 0.0157. The zero-order valence-corrected chi connectivity index (χ0v) is 23.8. The van der Waals surface area contributed by atoms with Crippen molar-refractivity contribution in [3.05, 3.63) is 83.8 Å². The number of hydrogen-bond donors (Lipinski definition) is 1. The largest absolute Gasteiger partial charge is 0.505 e. The number of carbonyl (C=O) groups is 2. The van der Waals surface area contributed by atoms with Gasteiger partial charge in [0, 0.05) is 31.7 Å². The fraction of sp³-hybridized carbons (Fsp3) is 0.355. The first-order valence-electron chi connectivity index (χ1n) is 13.8. The Morgan fingerprint density at radius 2 is 1.93 bits per heavy atom. The highest BCUT2D eigenvalue weighted by atomic mass is 16.5. The topological polar surface area (TPSA) is 111 Å². The molecule has 1 N–H and O–H groups in total. The van der Waals surface area contributed by atoms with E-state index >= 15 is 0 Å². The first kappa shape index (κ1) is 27.9. The van der Waals surface area contributed by atoms with E-state index < -0.39 is 17.7 Å². The van der Waals surface area contributed by atoms with Gasteiger partial charge in [0.15, 0.2) is 17.3 Å². The maximum absolute atomic E-state index is 13.6. The smallest absolute Gasteiger partial charge is 0.295 e. The van der Waals surface area contributed by atoms with Gasteiger partial charge >= 0.3 is 0 Å². The van der Waals surface area contributed by atoms with Crippen LogP contribution in [0.1, 0.15) is 49.7 Å². The van der Waals surface area contributed by atoms with Crippen LogP contribution in [0.25, 0.3) is 11.4 Å². The van der Waals surface area contributed by atoms with Gasteiger partial charge in [-0.2, -0.15) is 0 Å². The predicted octanol–water partition coefficient (Wildman–Crippen LogP) is 4.78. The molecule has 1 atom stereocenters. The molecule has 1 unspecified atom stereocenters. The molecular weight excluding hydrogens is 522 g/mol. The summed E-state index contributed by atoms with van der Waals surface area (Å²) in [5.41, 5.74) is 2.20. The quantitative estimate of drug-likeness (QED) is 0.160. The molecule has 4 aromatic rings. The van der Waals surface area contributed by atoms with Crippen molar-refractivity contribution in [2.75, 3.05) is 20.3 Å². The molecule has 0 saturated carbocycles. The fourth-order valence-electron chi connectivity index (χ4n) is 5.20. The summed E-state index contributed by atoms with van der Waals surface area (Å²) in [6.45, 7) is 7.48. The minimum atomic E-state index is -0.829. The molecule has 41 heavy (non-hydrogen) atoms. The number of pyridine rings is 1. The van der Waals surface area contributed by atoms with Crippen LogP contribution < -0.4 is 9.47 Å². The second-order valence-electron chi connectivity index (χ2n) is 10.6. The molecule has 214 valence electrons. The molecule has 10 nitrogen and oxygen atoms in total. The molecule has 0 spiro atoms. The van der Waals surface area contributed by atoms with Crippen LogP contribution in [0, 0.1) is 12.8 Å². The van der Waals surface area contributed by atoms with Crippen molar-refractivity contribution in [2.45, 2.75) is 46.2 Å². The Morgan fingerprint density at radius 3 is 2.66 bits per heavy atom. The minimum Gasteiger partial charge on any atom is -0.505 e. The molecule has 1 fully saturated rings. The second kappa shape index (κ2) is 11.9. The van der Waals surface area contributed by atoms with Gasteiger partial charge in [0.25, 0.3) is 11.7 Å². The number of rotatable bonds is 11. The Balaban J connectivity index is 1.58. The molecule has 10 heteroatoms. The number of ketones is 1. The van der Waals surface area contributed by atoms with Crippen molar-refractivity contribution in [3.63, 3.8) is 0 Å². The summed E-state index contributed by atoms with van der Waals surface area (Å²) in [4.78, 5) is 37.2. The van der Waals surface area contributed by atoms with E-state index in [1.165, 1.54) is 4.90 Å². The average Bonchev–Trinajstić information content (AvgIpc) is 3.65. The van der Waals surface area contributed by atoms with Gasteiger partial charge in [0.05, 0.1) is 37.4 Å². The lowest BCUT2D eigenvalue weighted by molar-refractivity contribution is -0.139. The number of nitrogens with zero attached hydrogens (tertiary/aromatic N) is 5. The van der Waals surface area contributed by atoms with Crippen LogP contribution in [0.4, 0.5) is 0 Å². The van der Waals surface area contributed by atoms with Gasteiger partial charge in [-0.05, 0) is 55.5 Å². The SMILES string of the molecule is COc1cc(C2C(=C(O)c3c(C)nc4ccccn34)C(=O)C(=O)N2CCCn2ccnc2)ccc1OCCC(C)C. The molecular formula is C31H35N5O5. The van der Waals surface area contributed by atoms with E-state index in [0.717, 1.165) is 6.42 Å². The summed E-state index contributed by atoms with van der Waals surface area (Å²) < 4.78 is 15.3. The zero-order chi connectivity index (χ0) is 29.1. The van der Waals surface area contributed by atoms with Crippen molar-refractivity contribution in [2.24, 2.45) is 5.92 Å². The zero-order valence-electron chi connectivity index (χ0n) is 23.8. The van der Waals surface area contributed by atoms with Gasteiger partial charge in [0.1, 0.15) is 11.3 Å². The fourth-order valence-corrected chi connectivity index (χ4v) is 5.20. The summed E-state index contributed by atoms with van der Waals surface area (Å²) in [6.07, 6.45) is 8.50. The third kappa shape index (κ3) is 5.54. The number of hydrogen-bond acceptors (Lipinski definition) is 7. The van der Waals surface area contributed by atoms with E-state index in [1.807, 2.05) is 35.0 Å². The van der Waals surface area contributed by atoms with Crippen LogP contribution in [0.3, 0.4) is 0 Å². The lowest BCUT2D eigenvalue weighted by Gasteiger charge is -2.26. The first-order chi connectivity index (χ1) is 19.8. The number of ether oxygens (including phenoxy) is 2. The van der Waals surface area contributed by atoms with Gasteiger partial charge in [-0.15, -0.1) is 0 Å². The molecule has 1 aliphatic rings. The molecule has 1 aliphatic heterocycles. The van der Waals surface area contributed by atoms with Gasteiger partial charge < -0.3 is 24.0 Å². The third-order valence-electron chi connectivity index (χ3n) is 7.30. The van der Waals surface area contributed by atoms with Crippen LogP contribution in [0.5, 0.6) is 11.5 Å². The number of imidazole rings is 2. The number of aryl methyl sites for hydroxylation is 2. The number of aliphatic hydroxyl groups is 1. The monoisotopic (exact) mass is 557 g/mol. The van der Waals surface area contributed by atoms with Crippen LogP contribution in [0.15, 0.2) is 66.9 Å². The first-order valence-corrected chi connectivity index (χ1v) is 13.8. The molecule has 1 amide bonds. The Hall–Kier alpha value is -4.60. The summed E-state index contributed by atoms with van der Waals surface area (Å²) in [7, 11) is 1.55. The van der Waals surface area contributed by atoms with Crippen molar-refractivity contribution >= 4 is 23.1 Å². The highest BCUT2D eigenvalue weighted by Crippen LogP contribution is 2.42. The summed E-state index contributed by atoms with van der Waals surface area (Å²) in [5.74, 6) is -0.113. The van der Waals surface area contributed by atoms with Crippen LogP contribution >= 0.6 is 0 Å². The Labute approximate surface area is 238 Å². The van der Waals surface area contributed by atoms with E-state index in [-0.39, 0.29) is 11.3 Å². The maximum atomic E-state index is 13.6. The number of aromatic nitrogens is 4. The van der Waals surface area contributed by atoms with Gasteiger partial charge in [0.2, 0.25) is 0 Å². The van der Waals surface area contributed by atoms with E-state index in [4.69, 9.17) is 9.47 Å². The van der Waals surface area contributed by atoms with Crippen LogP contribution in [0.2, 0.25) is 0 Å². The summed E-state index contributed by atoms with van der Waals surface area (Å²) in [6, 6.07) is 10.0. The molecule has 0 bridgehead atoms. The predicted molar refractivity (Wildman–Crippen MR) is 154 cm³/mol. The van der Waals surface area contributed by atoms with Crippen LogP contribution in [-0.2, 0) is 16.1 Å². The number of aliphatic hydroxyl groups excluding tert-OH is 1. The number of carbonyl (C=O) groups excluding carboxylic acids is 2. The van der Waals surface area contributed by atoms with E-state index in [0.29, 0.717) is 66.1 Å². The molecule has 3 aromatic heterocycles. The molecule has 1 aromatic carbocycles. The lowest BCUT2D eigenvalue weighted by Crippen LogP contribution is -2.31. The van der Waals surface area contributed by atoms with Crippen molar-refractivity contribution in [1.82, 2.24) is 23.8 Å². The van der Waals surface area contributed by atoms with Gasteiger partial charge in [-0.25, -0.2) is 9.97 Å². The third-order valence-corrected chi connectivity index (χ3v) is 7.30. The Bertz CT molecular complexity index is 1590. The Morgan fingerprint density at radius 1 is 1.10 bits per heavy atom. The average molecular weight is 558 g/mol.